The first-order valence-electron chi connectivity index (χ1n) is 12.2. The van der Waals surface area contributed by atoms with Crippen LogP contribution >= 0.6 is 0 Å². The van der Waals surface area contributed by atoms with Crippen molar-refractivity contribution in [2.45, 2.75) is 103 Å². The molecule has 0 spiro atoms. The predicted molar refractivity (Wildman–Crippen MR) is 136 cm³/mol. The summed E-state index contributed by atoms with van der Waals surface area (Å²) in [6, 6.07) is 12.6. The lowest BCUT2D eigenvalue weighted by Crippen LogP contribution is -2.41. The van der Waals surface area contributed by atoms with Gasteiger partial charge in [-0.2, -0.15) is 5.11 Å². The second-order valence-electron chi connectivity index (χ2n) is 12.3. The minimum atomic E-state index is -0.385. The molecule has 0 aromatic heterocycles. The zero-order valence-electron chi connectivity index (χ0n) is 21.8. The van der Waals surface area contributed by atoms with E-state index in [4.69, 9.17) is 14.8 Å². The van der Waals surface area contributed by atoms with Crippen molar-refractivity contribution in [2.75, 3.05) is 0 Å². The molecule has 1 aliphatic carbocycles. The molecule has 5 heteroatoms. The van der Waals surface area contributed by atoms with Gasteiger partial charge in [0.05, 0.1) is 11.2 Å². The molecule has 1 atom stereocenters. The average Bonchev–Trinajstić information content (AvgIpc) is 2.94. The van der Waals surface area contributed by atoms with E-state index in [-0.39, 0.29) is 35.2 Å². The maximum Gasteiger partial charge on any atom is 0.494 e. The van der Waals surface area contributed by atoms with Crippen LogP contribution in [0.1, 0.15) is 102 Å². The molecule has 0 radical (unpaired) electrons. The summed E-state index contributed by atoms with van der Waals surface area (Å²) in [6.07, 6.45) is 2.36. The zero-order chi connectivity index (χ0) is 24.4. The van der Waals surface area contributed by atoms with Crippen molar-refractivity contribution in [3.8, 4) is 0 Å². The fourth-order valence-electron chi connectivity index (χ4n) is 5.17. The molecule has 2 aliphatic rings. The Balaban J connectivity index is 1.68. The normalized spacial score (nSPS) is 23.1. The molecule has 176 valence electrons. The lowest BCUT2D eigenvalue weighted by atomic mass is 9.62. The van der Waals surface area contributed by atoms with Gasteiger partial charge in [-0.3, -0.25) is 0 Å². The lowest BCUT2D eigenvalue weighted by molar-refractivity contribution is 0.00578. The molecule has 1 fully saturated rings. The Labute approximate surface area is 200 Å². The highest BCUT2D eigenvalue weighted by Gasteiger charge is 2.51. The standard InChI is InChI=1S/C28H39BN2O2/c1-18-16-22-23(26(4,5)15-14-25(22,2)3)17-21(18)24(31-30)19-10-12-20(13-11-19)29-32-27(6,7)28(8,9)33-29/h10-13,16-17,24,30H,14-15H2,1-9H3. The van der Waals surface area contributed by atoms with E-state index < -0.39 is 0 Å². The van der Waals surface area contributed by atoms with E-state index >= 15 is 0 Å². The third kappa shape index (κ3) is 4.08. The second-order valence-corrected chi connectivity index (χ2v) is 12.3. The van der Waals surface area contributed by atoms with Crippen LogP contribution < -0.4 is 5.46 Å². The molecule has 4 nitrogen and oxygen atoms in total. The van der Waals surface area contributed by atoms with Crippen LogP contribution in [0.5, 0.6) is 0 Å². The number of aryl methyl sites for hydroxylation is 1. The number of fused-ring (bicyclic) bond motifs is 1. The summed E-state index contributed by atoms with van der Waals surface area (Å²) in [6.45, 7) is 19.8. The van der Waals surface area contributed by atoms with Crippen LogP contribution in [-0.2, 0) is 20.1 Å². The number of rotatable bonds is 4. The highest BCUT2D eigenvalue weighted by Crippen LogP contribution is 2.47. The highest BCUT2D eigenvalue weighted by molar-refractivity contribution is 6.62. The molecule has 0 saturated carbocycles. The van der Waals surface area contributed by atoms with Crippen molar-refractivity contribution in [3.63, 3.8) is 0 Å². The molecular formula is C28H39BN2O2. The third-order valence-corrected chi connectivity index (χ3v) is 8.44. The largest absolute Gasteiger partial charge is 0.494 e. The quantitative estimate of drug-likeness (QED) is 0.417. The first kappa shape index (κ1) is 24.2. The Morgan fingerprint density at radius 1 is 0.818 bits per heavy atom. The third-order valence-electron chi connectivity index (χ3n) is 8.44. The minimum absolute atomic E-state index is 0.125. The van der Waals surface area contributed by atoms with E-state index in [1.807, 2.05) is 0 Å². The molecule has 4 rings (SSSR count). The van der Waals surface area contributed by atoms with E-state index in [1.54, 1.807) is 0 Å². The predicted octanol–water partition coefficient (Wildman–Crippen LogP) is 6.76. The smallest absolute Gasteiger partial charge is 0.399 e. The highest BCUT2D eigenvalue weighted by atomic mass is 16.7. The summed E-state index contributed by atoms with van der Waals surface area (Å²) in [5.74, 6) is 0. The zero-order valence-corrected chi connectivity index (χ0v) is 21.8. The van der Waals surface area contributed by atoms with Crippen LogP contribution in [0.3, 0.4) is 0 Å². The molecule has 0 bridgehead atoms. The van der Waals surface area contributed by atoms with Crippen LogP contribution in [0.2, 0.25) is 0 Å². The van der Waals surface area contributed by atoms with Gasteiger partial charge in [0.15, 0.2) is 0 Å². The molecule has 1 saturated heterocycles. The number of hydrogen-bond donors (Lipinski definition) is 1. The molecule has 33 heavy (non-hydrogen) atoms. The van der Waals surface area contributed by atoms with E-state index in [2.05, 4.69) is 104 Å². The van der Waals surface area contributed by atoms with Gasteiger partial charge >= 0.3 is 7.12 Å². The maximum absolute atomic E-state index is 8.05. The topological polar surface area (TPSA) is 54.7 Å². The van der Waals surface area contributed by atoms with Gasteiger partial charge in [-0.05, 0) is 91.6 Å². The summed E-state index contributed by atoms with van der Waals surface area (Å²) >= 11 is 0. The molecular weight excluding hydrogens is 407 g/mol. The summed E-state index contributed by atoms with van der Waals surface area (Å²) < 4.78 is 12.4. The Morgan fingerprint density at radius 2 is 1.30 bits per heavy atom. The van der Waals surface area contributed by atoms with E-state index in [9.17, 15) is 0 Å². The first-order valence-corrected chi connectivity index (χ1v) is 12.2. The van der Waals surface area contributed by atoms with Gasteiger partial charge in [0.1, 0.15) is 6.04 Å². The number of nitrogens with one attached hydrogen (secondary N) is 1. The Bertz CT molecular complexity index is 1050. The van der Waals surface area contributed by atoms with Crippen molar-refractivity contribution in [3.05, 3.63) is 64.2 Å². The monoisotopic (exact) mass is 446 g/mol. The molecule has 2 aromatic rings. The van der Waals surface area contributed by atoms with Gasteiger partial charge in [0.25, 0.3) is 0 Å². The van der Waals surface area contributed by atoms with Gasteiger partial charge in [-0.15, -0.1) is 0 Å². The van der Waals surface area contributed by atoms with E-state index in [0.717, 1.165) is 16.6 Å². The Kier molecular flexibility index (Phi) is 5.69. The van der Waals surface area contributed by atoms with Gasteiger partial charge in [0, 0.05) is 0 Å². The van der Waals surface area contributed by atoms with Crippen molar-refractivity contribution < 1.29 is 9.31 Å². The molecule has 0 amide bonds. The SMILES string of the molecule is Cc1cc2c(cc1C(N=N)c1ccc(B3OC(C)(C)C(C)(C)O3)cc1)C(C)(C)CCC2(C)C. The van der Waals surface area contributed by atoms with Gasteiger partial charge in [-0.25, -0.2) is 5.53 Å². The summed E-state index contributed by atoms with van der Waals surface area (Å²) in [5.41, 5.74) is 14.8. The molecule has 1 aliphatic heterocycles. The first-order chi connectivity index (χ1) is 15.2. The lowest BCUT2D eigenvalue weighted by Gasteiger charge is -2.42. The van der Waals surface area contributed by atoms with Crippen molar-refractivity contribution in [1.29, 1.82) is 5.53 Å². The van der Waals surface area contributed by atoms with E-state index in [0.29, 0.717) is 0 Å². The Morgan fingerprint density at radius 3 is 1.79 bits per heavy atom. The summed E-state index contributed by atoms with van der Waals surface area (Å²) in [7, 11) is -0.385. The number of nitrogens with zero attached hydrogens (tertiary/aromatic N) is 1. The molecule has 1 N–H and O–H groups in total. The van der Waals surface area contributed by atoms with Crippen LogP contribution in [0.25, 0.3) is 0 Å². The summed E-state index contributed by atoms with van der Waals surface area (Å²) in [5, 5.41) is 4.08. The molecule has 1 heterocycles. The molecule has 2 aromatic carbocycles. The fraction of sp³-hybridized carbons (Fsp3) is 0.571. The second kappa shape index (κ2) is 7.78. The van der Waals surface area contributed by atoms with Crippen LogP contribution in [0.4, 0.5) is 0 Å². The maximum atomic E-state index is 8.05. The number of benzene rings is 2. The Hall–Kier alpha value is -1.98. The fourth-order valence-corrected chi connectivity index (χ4v) is 5.17. The average molecular weight is 446 g/mol. The molecule has 1 unspecified atom stereocenters. The number of hydrogen-bond acceptors (Lipinski definition) is 4. The van der Waals surface area contributed by atoms with Crippen LogP contribution in [-0.4, -0.2) is 18.3 Å². The van der Waals surface area contributed by atoms with Gasteiger partial charge in [-0.1, -0.05) is 64.1 Å². The van der Waals surface area contributed by atoms with Gasteiger partial charge < -0.3 is 9.31 Å². The van der Waals surface area contributed by atoms with E-state index in [1.165, 1.54) is 29.5 Å². The van der Waals surface area contributed by atoms with Crippen molar-refractivity contribution >= 4 is 12.6 Å². The van der Waals surface area contributed by atoms with Crippen LogP contribution in [0.15, 0.2) is 41.5 Å². The minimum Gasteiger partial charge on any atom is -0.399 e. The van der Waals surface area contributed by atoms with Gasteiger partial charge in [0.2, 0.25) is 0 Å². The van der Waals surface area contributed by atoms with Crippen molar-refractivity contribution in [1.82, 2.24) is 0 Å². The van der Waals surface area contributed by atoms with Crippen LogP contribution in [0, 0.1) is 12.5 Å². The van der Waals surface area contributed by atoms with Crippen molar-refractivity contribution in [2.24, 2.45) is 5.11 Å². The summed E-state index contributed by atoms with van der Waals surface area (Å²) in [4.78, 5) is 0.